The Morgan fingerprint density at radius 3 is 2.53 bits per heavy atom. The number of nitrogens with two attached hydrogens (primary N) is 1. The van der Waals surface area contributed by atoms with Gasteiger partial charge in [-0.15, -0.1) is 11.3 Å². The minimum atomic E-state index is -3.48. The molecule has 0 aliphatic rings. The van der Waals surface area contributed by atoms with Gasteiger partial charge >= 0.3 is 5.97 Å². The highest BCUT2D eigenvalue weighted by Gasteiger charge is 2.28. The van der Waals surface area contributed by atoms with Crippen molar-refractivity contribution in [1.82, 2.24) is 0 Å². The maximum atomic E-state index is 12.0. The standard InChI is InChI=1S/C9H14N2O4S2/c1-5(2)17(13,14)6-4-16-8(7(6)11-10)9(12)15-3/h4-5,11H,10H2,1-3H3. The Morgan fingerprint density at radius 1 is 1.53 bits per heavy atom. The number of carbonyl (C=O) groups excluding carboxylic acids is 1. The summed E-state index contributed by atoms with van der Waals surface area (Å²) >= 11 is 0.982. The van der Waals surface area contributed by atoms with Crippen molar-refractivity contribution in [3.63, 3.8) is 0 Å². The molecule has 0 aliphatic carbocycles. The van der Waals surface area contributed by atoms with Gasteiger partial charge in [-0.05, 0) is 13.8 Å². The summed E-state index contributed by atoms with van der Waals surface area (Å²) in [6.07, 6.45) is 0. The molecular weight excluding hydrogens is 264 g/mol. The number of methoxy groups -OCH3 is 1. The van der Waals surface area contributed by atoms with E-state index in [1.54, 1.807) is 13.8 Å². The summed E-state index contributed by atoms with van der Waals surface area (Å²) in [4.78, 5) is 11.6. The average molecular weight is 278 g/mol. The first-order chi connectivity index (χ1) is 7.86. The largest absolute Gasteiger partial charge is 0.465 e. The van der Waals surface area contributed by atoms with Gasteiger partial charge in [-0.25, -0.2) is 13.2 Å². The van der Waals surface area contributed by atoms with Crippen molar-refractivity contribution >= 4 is 32.8 Å². The molecule has 0 fully saturated rings. The normalized spacial score (nSPS) is 11.6. The van der Waals surface area contributed by atoms with Crippen molar-refractivity contribution < 1.29 is 17.9 Å². The number of nitrogens with one attached hydrogen (secondary N) is 1. The summed E-state index contributed by atoms with van der Waals surface area (Å²) in [5, 5.41) is 0.797. The van der Waals surface area contributed by atoms with Crippen molar-refractivity contribution in [3.8, 4) is 0 Å². The van der Waals surface area contributed by atoms with Gasteiger partial charge in [-0.1, -0.05) is 0 Å². The Bertz CT molecular complexity index is 519. The van der Waals surface area contributed by atoms with E-state index in [2.05, 4.69) is 10.2 Å². The van der Waals surface area contributed by atoms with E-state index in [0.717, 1.165) is 11.3 Å². The second kappa shape index (κ2) is 5.03. The predicted octanol–water partition coefficient (Wildman–Crippen LogP) is 1.00. The fourth-order valence-corrected chi connectivity index (χ4v) is 3.69. The Morgan fingerprint density at radius 2 is 2.12 bits per heavy atom. The lowest BCUT2D eigenvalue weighted by Crippen LogP contribution is -2.18. The van der Waals surface area contributed by atoms with Crippen LogP contribution in [0, 0.1) is 0 Å². The highest BCUT2D eigenvalue weighted by atomic mass is 32.2. The lowest BCUT2D eigenvalue weighted by Gasteiger charge is -2.09. The third-order valence-corrected chi connectivity index (χ3v) is 5.49. The summed E-state index contributed by atoms with van der Waals surface area (Å²) in [6, 6.07) is 0. The van der Waals surface area contributed by atoms with Gasteiger partial charge in [-0.3, -0.25) is 5.84 Å². The molecule has 0 spiro atoms. The average Bonchev–Trinajstić information content (AvgIpc) is 2.71. The molecular formula is C9H14N2O4S2. The second-order valence-corrected chi connectivity index (χ2v) is 6.89. The molecule has 0 aromatic carbocycles. The lowest BCUT2D eigenvalue weighted by atomic mass is 10.4. The molecule has 0 atom stereocenters. The van der Waals surface area contributed by atoms with Crippen LogP contribution in [-0.2, 0) is 14.6 Å². The number of nitrogen functional groups attached to an aromatic ring is 1. The molecule has 0 saturated heterocycles. The minimum Gasteiger partial charge on any atom is -0.465 e. The number of hydrogen-bond acceptors (Lipinski definition) is 7. The third kappa shape index (κ3) is 2.43. The zero-order chi connectivity index (χ0) is 13.2. The molecule has 1 rings (SSSR count). The van der Waals surface area contributed by atoms with Crippen molar-refractivity contribution in [3.05, 3.63) is 10.3 Å². The van der Waals surface area contributed by atoms with E-state index in [4.69, 9.17) is 5.84 Å². The number of hydrogen-bond donors (Lipinski definition) is 2. The number of carbonyl (C=O) groups is 1. The number of hydrazine groups is 1. The van der Waals surface area contributed by atoms with Crippen LogP contribution in [0.5, 0.6) is 0 Å². The maximum absolute atomic E-state index is 12.0. The second-order valence-electron chi connectivity index (χ2n) is 3.53. The molecule has 0 unspecified atom stereocenters. The van der Waals surface area contributed by atoms with Crippen molar-refractivity contribution in [2.24, 2.45) is 5.84 Å². The number of rotatable bonds is 4. The van der Waals surface area contributed by atoms with Crippen molar-refractivity contribution in [2.45, 2.75) is 24.0 Å². The summed E-state index contributed by atoms with van der Waals surface area (Å²) in [5.41, 5.74) is 2.34. The Balaban J connectivity index is 3.39. The summed E-state index contributed by atoms with van der Waals surface area (Å²) < 4.78 is 28.5. The van der Waals surface area contributed by atoms with E-state index in [9.17, 15) is 13.2 Å². The van der Waals surface area contributed by atoms with Crippen LogP contribution in [0.4, 0.5) is 5.69 Å². The first-order valence-corrected chi connectivity index (χ1v) is 7.19. The van der Waals surface area contributed by atoms with Gasteiger partial charge < -0.3 is 10.2 Å². The van der Waals surface area contributed by atoms with Gasteiger partial charge in [0, 0.05) is 5.38 Å². The van der Waals surface area contributed by atoms with Gasteiger partial charge in [-0.2, -0.15) is 0 Å². The molecule has 1 aromatic rings. The summed E-state index contributed by atoms with van der Waals surface area (Å²) in [7, 11) is -2.26. The smallest absolute Gasteiger partial charge is 0.350 e. The third-order valence-electron chi connectivity index (χ3n) is 2.20. The van der Waals surface area contributed by atoms with Gasteiger partial charge in [0.15, 0.2) is 9.84 Å². The van der Waals surface area contributed by atoms with Gasteiger partial charge in [0.2, 0.25) is 0 Å². The molecule has 0 amide bonds. The molecule has 0 saturated carbocycles. The zero-order valence-corrected chi connectivity index (χ0v) is 11.3. The van der Waals surface area contributed by atoms with Crippen molar-refractivity contribution in [1.29, 1.82) is 0 Å². The number of sulfone groups is 1. The van der Waals surface area contributed by atoms with Gasteiger partial charge in [0.05, 0.1) is 18.0 Å². The van der Waals surface area contributed by atoms with Crippen LogP contribution in [0.25, 0.3) is 0 Å². The molecule has 1 heterocycles. The highest BCUT2D eigenvalue weighted by molar-refractivity contribution is 7.92. The van der Waals surface area contributed by atoms with Crippen LogP contribution < -0.4 is 11.3 Å². The minimum absolute atomic E-state index is 0.0281. The van der Waals surface area contributed by atoms with Crippen LogP contribution in [-0.4, -0.2) is 26.7 Å². The maximum Gasteiger partial charge on any atom is 0.350 e. The fourth-order valence-electron chi connectivity index (χ4n) is 1.18. The summed E-state index contributed by atoms with van der Waals surface area (Å²) in [6.45, 7) is 3.12. The zero-order valence-electron chi connectivity index (χ0n) is 9.68. The molecule has 1 aromatic heterocycles. The van der Waals surface area contributed by atoms with E-state index in [1.165, 1.54) is 12.5 Å². The Labute approximate surface area is 104 Å². The fraction of sp³-hybridized carbons (Fsp3) is 0.444. The molecule has 96 valence electrons. The van der Waals surface area contributed by atoms with Crippen LogP contribution in [0.15, 0.2) is 10.3 Å². The van der Waals surface area contributed by atoms with Crippen molar-refractivity contribution in [2.75, 3.05) is 12.5 Å². The number of thiophene rings is 1. The summed E-state index contributed by atoms with van der Waals surface area (Å²) in [5.74, 6) is 4.65. The molecule has 0 aliphatic heterocycles. The first-order valence-electron chi connectivity index (χ1n) is 4.76. The number of esters is 1. The molecule has 0 bridgehead atoms. The molecule has 17 heavy (non-hydrogen) atoms. The monoisotopic (exact) mass is 278 g/mol. The topological polar surface area (TPSA) is 98.5 Å². The van der Waals surface area contributed by atoms with Crippen LogP contribution >= 0.6 is 11.3 Å². The van der Waals surface area contributed by atoms with E-state index < -0.39 is 21.1 Å². The van der Waals surface area contributed by atoms with Crippen LogP contribution in [0.1, 0.15) is 23.5 Å². The van der Waals surface area contributed by atoms with E-state index >= 15 is 0 Å². The molecule has 0 radical (unpaired) electrons. The molecule has 6 nitrogen and oxygen atoms in total. The van der Waals surface area contributed by atoms with E-state index in [-0.39, 0.29) is 15.5 Å². The van der Waals surface area contributed by atoms with Gasteiger partial charge in [0.1, 0.15) is 9.77 Å². The Kier molecular flexibility index (Phi) is 4.12. The van der Waals surface area contributed by atoms with Crippen LogP contribution in [0.2, 0.25) is 0 Å². The van der Waals surface area contributed by atoms with Crippen LogP contribution in [0.3, 0.4) is 0 Å². The van der Waals surface area contributed by atoms with Gasteiger partial charge in [0.25, 0.3) is 0 Å². The number of ether oxygens (including phenoxy) is 1. The quantitative estimate of drug-likeness (QED) is 0.484. The number of anilines is 1. The Hall–Kier alpha value is -1.12. The van der Waals surface area contributed by atoms with E-state index in [1.807, 2.05) is 0 Å². The molecule has 3 N–H and O–H groups in total. The highest BCUT2D eigenvalue weighted by Crippen LogP contribution is 2.33. The lowest BCUT2D eigenvalue weighted by molar-refractivity contribution is 0.0607. The predicted molar refractivity (Wildman–Crippen MR) is 65.8 cm³/mol. The van der Waals surface area contributed by atoms with E-state index in [0.29, 0.717) is 0 Å². The molecule has 8 heteroatoms. The SMILES string of the molecule is COC(=O)c1scc(S(=O)(=O)C(C)C)c1NN. The first kappa shape index (κ1) is 13.9.